The molecule has 6 heteroatoms. The van der Waals surface area contributed by atoms with Gasteiger partial charge in [0.05, 0.1) is 6.04 Å². The van der Waals surface area contributed by atoms with Crippen molar-refractivity contribution in [3.05, 3.63) is 0 Å². The van der Waals surface area contributed by atoms with Gasteiger partial charge in [0.25, 0.3) is 0 Å². The van der Waals surface area contributed by atoms with Gasteiger partial charge in [-0.1, -0.05) is 0 Å². The maximum absolute atomic E-state index is 11.5. The van der Waals surface area contributed by atoms with Crippen LogP contribution in [0.2, 0.25) is 0 Å². The molecule has 0 saturated heterocycles. The van der Waals surface area contributed by atoms with Gasteiger partial charge in [-0.15, -0.1) is 0 Å². The van der Waals surface area contributed by atoms with Crippen LogP contribution in [0.3, 0.4) is 0 Å². The number of amides is 1. The lowest BCUT2D eigenvalue weighted by molar-refractivity contribution is -0.139. The highest BCUT2D eigenvalue weighted by molar-refractivity contribution is 5.82. The molecule has 0 saturated carbocycles. The van der Waals surface area contributed by atoms with Crippen molar-refractivity contribution in [3.8, 4) is 0 Å². The molecule has 2 atom stereocenters. The molecule has 6 nitrogen and oxygen atoms in total. The lowest BCUT2D eigenvalue weighted by Crippen LogP contribution is -2.48. The molecule has 0 aromatic rings. The molecule has 0 spiro atoms. The van der Waals surface area contributed by atoms with Gasteiger partial charge in [0, 0.05) is 20.3 Å². The van der Waals surface area contributed by atoms with Crippen molar-refractivity contribution in [1.29, 1.82) is 0 Å². The molecule has 0 radical (unpaired) electrons. The van der Waals surface area contributed by atoms with Gasteiger partial charge < -0.3 is 15.2 Å². The van der Waals surface area contributed by atoms with Gasteiger partial charge in [-0.25, -0.2) is 0 Å². The average molecular weight is 232 g/mol. The highest BCUT2D eigenvalue weighted by Gasteiger charge is 2.18. The van der Waals surface area contributed by atoms with E-state index in [1.807, 2.05) is 0 Å². The molecule has 0 bridgehead atoms. The fraction of sp³-hybridized carbons (Fsp3) is 0.800. The molecule has 0 aliphatic heterocycles. The molecule has 0 aliphatic rings. The summed E-state index contributed by atoms with van der Waals surface area (Å²) < 4.78 is 4.84. The third-order valence-corrected chi connectivity index (χ3v) is 2.09. The monoisotopic (exact) mass is 232 g/mol. The highest BCUT2D eigenvalue weighted by Crippen LogP contribution is 1.89. The van der Waals surface area contributed by atoms with Crippen LogP contribution in [-0.4, -0.2) is 49.3 Å². The predicted molar refractivity (Wildman–Crippen MR) is 59.2 cm³/mol. The fourth-order valence-electron chi connectivity index (χ4n) is 1.10. The molecule has 94 valence electrons. The van der Waals surface area contributed by atoms with E-state index in [0.29, 0.717) is 13.2 Å². The summed E-state index contributed by atoms with van der Waals surface area (Å²) in [6.07, 6.45) is 0.740. The number of carbonyl (C=O) groups excluding carboxylic acids is 1. The zero-order valence-electron chi connectivity index (χ0n) is 9.95. The van der Waals surface area contributed by atoms with Crippen LogP contribution in [0.15, 0.2) is 0 Å². The molecular formula is C10H20N2O4. The first-order valence-electron chi connectivity index (χ1n) is 5.24. The second-order valence-electron chi connectivity index (χ2n) is 3.59. The second-order valence-corrected chi connectivity index (χ2v) is 3.59. The minimum absolute atomic E-state index is 0.204. The lowest BCUT2D eigenvalue weighted by atomic mass is 10.2. The van der Waals surface area contributed by atoms with Crippen LogP contribution in [0, 0.1) is 0 Å². The van der Waals surface area contributed by atoms with Crippen LogP contribution in [0.4, 0.5) is 0 Å². The lowest BCUT2D eigenvalue weighted by Gasteiger charge is -2.16. The van der Waals surface area contributed by atoms with Gasteiger partial charge in [0.2, 0.25) is 5.91 Å². The molecule has 0 heterocycles. The van der Waals surface area contributed by atoms with Crippen molar-refractivity contribution in [2.24, 2.45) is 0 Å². The largest absolute Gasteiger partial charge is 0.480 e. The summed E-state index contributed by atoms with van der Waals surface area (Å²) in [7, 11) is 1.60. The molecule has 3 N–H and O–H groups in total. The summed E-state index contributed by atoms with van der Waals surface area (Å²) in [5.74, 6) is -1.18. The molecular weight excluding hydrogens is 212 g/mol. The Bertz CT molecular complexity index is 233. The Morgan fingerprint density at radius 1 is 1.31 bits per heavy atom. The smallest absolute Gasteiger partial charge is 0.320 e. The van der Waals surface area contributed by atoms with Gasteiger partial charge in [0.1, 0.15) is 6.04 Å². The average Bonchev–Trinajstić information content (AvgIpc) is 2.23. The van der Waals surface area contributed by atoms with Gasteiger partial charge in [-0.2, -0.15) is 0 Å². The van der Waals surface area contributed by atoms with Crippen LogP contribution in [-0.2, 0) is 14.3 Å². The first kappa shape index (κ1) is 14.9. The number of nitrogens with one attached hydrogen (secondary N) is 2. The third kappa shape index (κ3) is 6.36. The van der Waals surface area contributed by atoms with Crippen LogP contribution in [0.25, 0.3) is 0 Å². The minimum Gasteiger partial charge on any atom is -0.480 e. The van der Waals surface area contributed by atoms with E-state index in [1.54, 1.807) is 14.0 Å². The SMILES string of the molecule is COCCCNC(=O)C(C)NC(C)C(=O)O. The number of hydrogen-bond donors (Lipinski definition) is 3. The minimum atomic E-state index is -0.973. The summed E-state index contributed by atoms with van der Waals surface area (Å²) >= 11 is 0. The van der Waals surface area contributed by atoms with Crippen molar-refractivity contribution in [1.82, 2.24) is 10.6 Å². The van der Waals surface area contributed by atoms with Crippen molar-refractivity contribution < 1.29 is 19.4 Å². The van der Waals surface area contributed by atoms with E-state index in [4.69, 9.17) is 9.84 Å². The van der Waals surface area contributed by atoms with Gasteiger partial charge in [-0.3, -0.25) is 14.9 Å². The molecule has 2 unspecified atom stereocenters. The van der Waals surface area contributed by atoms with E-state index >= 15 is 0 Å². The molecule has 0 aliphatic carbocycles. The van der Waals surface area contributed by atoms with Crippen molar-refractivity contribution in [2.75, 3.05) is 20.3 Å². The Kier molecular flexibility index (Phi) is 7.49. The number of hydrogen-bond acceptors (Lipinski definition) is 4. The van der Waals surface area contributed by atoms with Crippen molar-refractivity contribution >= 4 is 11.9 Å². The first-order valence-corrected chi connectivity index (χ1v) is 5.24. The van der Waals surface area contributed by atoms with E-state index in [-0.39, 0.29) is 5.91 Å². The van der Waals surface area contributed by atoms with Gasteiger partial charge in [-0.05, 0) is 20.3 Å². The molecule has 16 heavy (non-hydrogen) atoms. The number of rotatable bonds is 8. The van der Waals surface area contributed by atoms with Gasteiger partial charge >= 0.3 is 5.97 Å². The van der Waals surface area contributed by atoms with Crippen molar-refractivity contribution in [2.45, 2.75) is 32.4 Å². The standard InChI is InChI=1S/C10H20N2O4/c1-7(12-8(2)10(14)15)9(13)11-5-4-6-16-3/h7-8,12H,4-6H2,1-3H3,(H,11,13)(H,14,15). The normalized spacial score (nSPS) is 14.2. The Labute approximate surface area is 95.4 Å². The van der Waals surface area contributed by atoms with E-state index < -0.39 is 18.1 Å². The number of carboxylic acid groups (broad SMARTS) is 1. The van der Waals surface area contributed by atoms with Crippen LogP contribution in [0.5, 0.6) is 0 Å². The predicted octanol–water partition coefficient (Wildman–Crippen LogP) is -0.410. The Hall–Kier alpha value is -1.14. The molecule has 0 rings (SSSR count). The summed E-state index contributed by atoms with van der Waals surface area (Å²) in [6.45, 7) is 4.25. The summed E-state index contributed by atoms with van der Waals surface area (Å²) in [5.41, 5.74) is 0. The highest BCUT2D eigenvalue weighted by atomic mass is 16.5. The summed E-state index contributed by atoms with van der Waals surface area (Å²) in [5, 5.41) is 14.0. The number of carbonyl (C=O) groups is 2. The summed E-state index contributed by atoms with van der Waals surface area (Å²) in [6, 6.07) is -1.26. The van der Waals surface area contributed by atoms with E-state index in [0.717, 1.165) is 6.42 Å². The van der Waals surface area contributed by atoms with E-state index in [2.05, 4.69) is 10.6 Å². The number of ether oxygens (including phenoxy) is 1. The number of aliphatic carboxylic acids is 1. The molecule has 1 amide bonds. The van der Waals surface area contributed by atoms with Gasteiger partial charge in [0.15, 0.2) is 0 Å². The zero-order chi connectivity index (χ0) is 12.6. The number of carboxylic acids is 1. The second kappa shape index (κ2) is 8.06. The molecule has 0 aromatic carbocycles. The zero-order valence-corrected chi connectivity index (χ0v) is 9.95. The van der Waals surface area contributed by atoms with Crippen molar-refractivity contribution in [3.63, 3.8) is 0 Å². The van der Waals surface area contributed by atoms with Crippen LogP contribution in [0.1, 0.15) is 20.3 Å². The molecule has 0 fully saturated rings. The topological polar surface area (TPSA) is 87.7 Å². The summed E-state index contributed by atoms with van der Waals surface area (Å²) in [4.78, 5) is 22.0. The van der Waals surface area contributed by atoms with E-state index in [9.17, 15) is 9.59 Å². The maximum Gasteiger partial charge on any atom is 0.320 e. The fourth-order valence-corrected chi connectivity index (χ4v) is 1.10. The Morgan fingerprint density at radius 3 is 2.44 bits per heavy atom. The maximum atomic E-state index is 11.5. The van der Waals surface area contributed by atoms with Crippen LogP contribution >= 0.6 is 0 Å². The first-order chi connectivity index (χ1) is 7.49. The third-order valence-electron chi connectivity index (χ3n) is 2.09. The number of methoxy groups -OCH3 is 1. The molecule has 0 aromatic heterocycles. The Balaban J connectivity index is 3.77. The Morgan fingerprint density at radius 2 is 1.94 bits per heavy atom. The quantitative estimate of drug-likeness (QED) is 0.495. The van der Waals surface area contributed by atoms with Crippen LogP contribution < -0.4 is 10.6 Å². The van der Waals surface area contributed by atoms with E-state index in [1.165, 1.54) is 6.92 Å².